The van der Waals surface area contributed by atoms with Crippen LogP contribution in [0, 0.1) is 0 Å². The van der Waals surface area contributed by atoms with Gasteiger partial charge in [0.25, 0.3) is 5.91 Å². The lowest BCUT2D eigenvalue weighted by atomic mass is 10.0. The van der Waals surface area contributed by atoms with Gasteiger partial charge in [-0.2, -0.15) is 0 Å². The lowest BCUT2D eigenvalue weighted by Crippen LogP contribution is -2.49. The zero-order valence-corrected chi connectivity index (χ0v) is 12.4. The molecule has 1 N–H and O–H groups in total. The number of halogens is 1. The van der Waals surface area contributed by atoms with Crippen LogP contribution in [-0.2, 0) is 4.79 Å². The van der Waals surface area contributed by atoms with E-state index in [4.69, 9.17) is 0 Å². The predicted molar refractivity (Wildman–Crippen MR) is 76.9 cm³/mol. The molecule has 0 radical (unpaired) electrons. The van der Waals surface area contributed by atoms with Gasteiger partial charge >= 0.3 is 0 Å². The van der Waals surface area contributed by atoms with Gasteiger partial charge in [-0.15, -0.1) is 0 Å². The number of piperidine rings is 1. The van der Waals surface area contributed by atoms with Crippen molar-refractivity contribution in [2.45, 2.75) is 25.8 Å². The molecule has 0 saturated carbocycles. The topological polar surface area (TPSA) is 49.4 Å². The first-order valence-corrected chi connectivity index (χ1v) is 7.17. The second kappa shape index (κ2) is 6.19. The van der Waals surface area contributed by atoms with Crippen molar-refractivity contribution < 1.29 is 9.59 Å². The fourth-order valence-electron chi connectivity index (χ4n) is 2.37. The van der Waals surface area contributed by atoms with E-state index in [1.807, 2.05) is 29.2 Å². The molecule has 0 bridgehead atoms. The van der Waals surface area contributed by atoms with Crippen LogP contribution in [0.3, 0.4) is 0 Å². The molecule has 1 atom stereocenters. The minimum atomic E-state index is -0.0400. The molecule has 19 heavy (non-hydrogen) atoms. The molecule has 1 heterocycles. The summed E-state index contributed by atoms with van der Waals surface area (Å²) < 4.78 is 0.897. The van der Waals surface area contributed by atoms with E-state index < -0.39 is 0 Å². The van der Waals surface area contributed by atoms with Gasteiger partial charge in [-0.05, 0) is 31.0 Å². The number of benzene rings is 1. The molecule has 1 fully saturated rings. The molecule has 1 aromatic carbocycles. The number of hydrogen-bond acceptors (Lipinski definition) is 2. The van der Waals surface area contributed by atoms with E-state index in [0.717, 1.165) is 23.9 Å². The maximum absolute atomic E-state index is 12.4. The number of nitrogens with zero attached hydrogens (tertiary/aromatic N) is 1. The van der Waals surface area contributed by atoms with Gasteiger partial charge in [0.1, 0.15) is 0 Å². The second-order valence-electron chi connectivity index (χ2n) is 4.80. The third-order valence-electron chi connectivity index (χ3n) is 3.19. The molecule has 1 saturated heterocycles. The van der Waals surface area contributed by atoms with Crippen molar-refractivity contribution >= 4 is 27.7 Å². The highest BCUT2D eigenvalue weighted by Gasteiger charge is 2.24. The fourth-order valence-corrected chi connectivity index (χ4v) is 2.77. The van der Waals surface area contributed by atoms with Crippen molar-refractivity contribution in [3.05, 3.63) is 34.3 Å². The zero-order valence-electron chi connectivity index (χ0n) is 10.9. The van der Waals surface area contributed by atoms with Crippen LogP contribution in [0.1, 0.15) is 30.1 Å². The Labute approximate surface area is 121 Å². The van der Waals surface area contributed by atoms with Gasteiger partial charge in [-0.1, -0.05) is 22.0 Å². The number of amides is 2. The molecular weight excluding hydrogens is 308 g/mol. The van der Waals surface area contributed by atoms with Gasteiger partial charge in [0, 0.05) is 36.1 Å². The van der Waals surface area contributed by atoms with Gasteiger partial charge in [-0.25, -0.2) is 0 Å². The van der Waals surface area contributed by atoms with Crippen molar-refractivity contribution in [3.63, 3.8) is 0 Å². The third-order valence-corrected chi connectivity index (χ3v) is 3.68. The Hall–Kier alpha value is -1.36. The Morgan fingerprint density at radius 2 is 2.21 bits per heavy atom. The monoisotopic (exact) mass is 324 g/mol. The maximum atomic E-state index is 12.4. The van der Waals surface area contributed by atoms with Crippen molar-refractivity contribution in [1.29, 1.82) is 0 Å². The maximum Gasteiger partial charge on any atom is 0.253 e. The largest absolute Gasteiger partial charge is 0.352 e. The zero-order chi connectivity index (χ0) is 13.8. The van der Waals surface area contributed by atoms with Crippen molar-refractivity contribution in [1.82, 2.24) is 10.2 Å². The van der Waals surface area contributed by atoms with Crippen LogP contribution < -0.4 is 5.32 Å². The number of nitrogens with one attached hydrogen (secondary N) is 1. The lowest BCUT2D eigenvalue weighted by molar-refractivity contribution is -0.120. The molecule has 1 aliphatic heterocycles. The van der Waals surface area contributed by atoms with Gasteiger partial charge in [0.05, 0.1) is 0 Å². The molecule has 1 aromatic rings. The predicted octanol–water partition coefficient (Wildman–Crippen LogP) is 2.19. The van der Waals surface area contributed by atoms with Crippen LogP contribution in [0.15, 0.2) is 28.7 Å². The normalized spacial score (nSPS) is 19.1. The smallest absolute Gasteiger partial charge is 0.253 e. The SMILES string of the molecule is CC(=O)NC1CCCN(C(=O)c2cccc(Br)c2)C1. The van der Waals surface area contributed by atoms with Gasteiger partial charge in [0.15, 0.2) is 0 Å². The minimum Gasteiger partial charge on any atom is -0.352 e. The van der Waals surface area contributed by atoms with E-state index in [0.29, 0.717) is 12.1 Å². The summed E-state index contributed by atoms with van der Waals surface area (Å²) in [5, 5.41) is 2.89. The number of hydrogen-bond donors (Lipinski definition) is 1. The Morgan fingerprint density at radius 1 is 1.42 bits per heavy atom. The van der Waals surface area contributed by atoms with Crippen LogP contribution in [0.4, 0.5) is 0 Å². The quantitative estimate of drug-likeness (QED) is 0.906. The summed E-state index contributed by atoms with van der Waals surface area (Å²) in [6, 6.07) is 7.46. The summed E-state index contributed by atoms with van der Waals surface area (Å²) in [6.45, 7) is 2.85. The molecule has 2 rings (SSSR count). The first-order chi connectivity index (χ1) is 9.06. The van der Waals surface area contributed by atoms with Gasteiger partial charge < -0.3 is 10.2 Å². The Balaban J connectivity index is 2.04. The van der Waals surface area contributed by atoms with Crippen LogP contribution >= 0.6 is 15.9 Å². The highest BCUT2D eigenvalue weighted by atomic mass is 79.9. The summed E-state index contributed by atoms with van der Waals surface area (Å²) in [7, 11) is 0. The van der Waals surface area contributed by atoms with Crippen LogP contribution in [0.25, 0.3) is 0 Å². The summed E-state index contributed by atoms with van der Waals surface area (Å²) in [4.78, 5) is 25.3. The van der Waals surface area contributed by atoms with Crippen LogP contribution in [-0.4, -0.2) is 35.8 Å². The molecular formula is C14H17BrN2O2. The van der Waals surface area contributed by atoms with Crippen molar-refractivity contribution in [2.75, 3.05) is 13.1 Å². The van der Waals surface area contributed by atoms with E-state index >= 15 is 0 Å². The summed E-state index contributed by atoms with van der Waals surface area (Å²) in [5.41, 5.74) is 0.679. The second-order valence-corrected chi connectivity index (χ2v) is 5.72. The Bertz CT molecular complexity index is 490. The Morgan fingerprint density at radius 3 is 2.89 bits per heavy atom. The van der Waals surface area contributed by atoms with E-state index in [9.17, 15) is 9.59 Å². The molecule has 2 amide bonds. The number of likely N-dealkylation sites (tertiary alicyclic amines) is 1. The molecule has 0 spiro atoms. The van der Waals surface area contributed by atoms with Crippen molar-refractivity contribution in [2.24, 2.45) is 0 Å². The highest BCUT2D eigenvalue weighted by Crippen LogP contribution is 2.17. The summed E-state index contributed by atoms with van der Waals surface area (Å²) in [5.74, 6) is -0.0156. The van der Waals surface area contributed by atoms with Crippen molar-refractivity contribution in [3.8, 4) is 0 Å². The molecule has 4 nitrogen and oxygen atoms in total. The molecule has 0 aliphatic carbocycles. The number of carbonyl (C=O) groups excluding carboxylic acids is 2. The van der Waals surface area contributed by atoms with Gasteiger partial charge in [-0.3, -0.25) is 9.59 Å². The average molecular weight is 325 g/mol. The average Bonchev–Trinajstić information content (AvgIpc) is 2.37. The first-order valence-electron chi connectivity index (χ1n) is 6.38. The van der Waals surface area contributed by atoms with E-state index in [2.05, 4.69) is 21.2 Å². The van der Waals surface area contributed by atoms with E-state index in [1.165, 1.54) is 6.92 Å². The molecule has 1 aliphatic rings. The van der Waals surface area contributed by atoms with Crippen LogP contribution in [0.2, 0.25) is 0 Å². The highest BCUT2D eigenvalue weighted by molar-refractivity contribution is 9.10. The van der Waals surface area contributed by atoms with Gasteiger partial charge in [0.2, 0.25) is 5.91 Å². The fraction of sp³-hybridized carbons (Fsp3) is 0.429. The summed E-state index contributed by atoms with van der Waals surface area (Å²) >= 11 is 3.37. The molecule has 1 unspecified atom stereocenters. The lowest BCUT2D eigenvalue weighted by Gasteiger charge is -2.33. The Kier molecular flexibility index (Phi) is 4.58. The molecule has 5 heteroatoms. The first kappa shape index (κ1) is 14.1. The van der Waals surface area contributed by atoms with Crippen LogP contribution in [0.5, 0.6) is 0 Å². The molecule has 0 aromatic heterocycles. The van der Waals surface area contributed by atoms with E-state index in [-0.39, 0.29) is 17.9 Å². The summed E-state index contributed by atoms with van der Waals surface area (Å²) in [6.07, 6.45) is 1.85. The number of rotatable bonds is 2. The van der Waals surface area contributed by atoms with E-state index in [1.54, 1.807) is 0 Å². The standard InChI is InChI=1S/C14H17BrN2O2/c1-10(18)16-13-6-3-7-17(9-13)14(19)11-4-2-5-12(15)8-11/h2,4-5,8,13H,3,6-7,9H2,1H3,(H,16,18). The minimum absolute atomic E-state index is 0.0244. The molecule has 102 valence electrons. The third kappa shape index (κ3) is 3.80. The number of carbonyl (C=O) groups is 2.